The molecular formula is C15H21NO4. The van der Waals surface area contributed by atoms with Gasteiger partial charge in [0, 0.05) is 0 Å². The molecule has 5 nitrogen and oxygen atoms in total. The maximum atomic E-state index is 11.5. The smallest absolute Gasteiger partial charge is 0.407 e. The van der Waals surface area contributed by atoms with Gasteiger partial charge in [0.25, 0.3) is 0 Å². The second-order valence-electron chi connectivity index (χ2n) is 4.93. The maximum absolute atomic E-state index is 11.5. The van der Waals surface area contributed by atoms with Crippen molar-refractivity contribution in [2.24, 2.45) is 5.92 Å². The zero-order chi connectivity index (χ0) is 15.0. The van der Waals surface area contributed by atoms with E-state index in [1.54, 1.807) is 13.8 Å². The summed E-state index contributed by atoms with van der Waals surface area (Å²) in [6.07, 6.45) is 0.844. The third-order valence-corrected chi connectivity index (χ3v) is 2.89. The molecule has 20 heavy (non-hydrogen) atoms. The zero-order valence-electron chi connectivity index (χ0n) is 11.8. The van der Waals surface area contributed by atoms with Crippen LogP contribution in [-0.4, -0.2) is 29.8 Å². The fraction of sp³-hybridized carbons (Fsp3) is 0.467. The lowest BCUT2D eigenvalue weighted by atomic mass is 10.1. The molecule has 0 bridgehead atoms. The molecule has 0 aromatic heterocycles. The van der Waals surface area contributed by atoms with Crippen LogP contribution in [-0.2, 0) is 16.0 Å². The van der Waals surface area contributed by atoms with Gasteiger partial charge in [-0.3, -0.25) is 0 Å². The summed E-state index contributed by atoms with van der Waals surface area (Å²) in [4.78, 5) is 22.4. The Kier molecular flexibility index (Phi) is 6.56. The molecule has 110 valence electrons. The maximum Gasteiger partial charge on any atom is 0.407 e. The van der Waals surface area contributed by atoms with Crippen molar-refractivity contribution in [1.82, 2.24) is 5.32 Å². The van der Waals surface area contributed by atoms with Crippen LogP contribution < -0.4 is 5.32 Å². The second kappa shape index (κ2) is 8.19. The van der Waals surface area contributed by atoms with Gasteiger partial charge in [0.2, 0.25) is 0 Å². The predicted octanol–water partition coefficient (Wildman–Crippen LogP) is 2.45. The number of nitrogens with one attached hydrogen (secondary N) is 1. The molecule has 5 heteroatoms. The Bertz CT molecular complexity index is 431. The highest BCUT2D eigenvalue weighted by Gasteiger charge is 2.23. The number of benzene rings is 1. The van der Waals surface area contributed by atoms with Crippen LogP contribution in [0.15, 0.2) is 30.3 Å². The zero-order valence-corrected chi connectivity index (χ0v) is 11.8. The fourth-order valence-electron chi connectivity index (χ4n) is 1.77. The summed E-state index contributed by atoms with van der Waals surface area (Å²) in [5.41, 5.74) is 1.18. The van der Waals surface area contributed by atoms with Crippen molar-refractivity contribution in [3.8, 4) is 0 Å². The monoisotopic (exact) mass is 279 g/mol. The second-order valence-corrected chi connectivity index (χ2v) is 4.93. The number of hydrogen-bond donors (Lipinski definition) is 2. The summed E-state index contributed by atoms with van der Waals surface area (Å²) in [5.74, 6) is -1.24. The van der Waals surface area contributed by atoms with Gasteiger partial charge in [-0.25, -0.2) is 9.59 Å². The predicted molar refractivity (Wildman–Crippen MR) is 75.5 cm³/mol. The molecule has 1 atom stereocenters. The topological polar surface area (TPSA) is 75.6 Å². The SMILES string of the molecule is CC(C)[C@H](NC(=O)OCCCc1ccccc1)C(=O)O. The highest BCUT2D eigenvalue weighted by molar-refractivity contribution is 5.80. The number of aryl methyl sites for hydroxylation is 1. The third kappa shape index (κ3) is 5.73. The van der Waals surface area contributed by atoms with Gasteiger partial charge >= 0.3 is 12.1 Å². The van der Waals surface area contributed by atoms with Crippen molar-refractivity contribution >= 4 is 12.1 Å². The molecule has 0 unspecified atom stereocenters. The van der Waals surface area contributed by atoms with Crippen LogP contribution in [0.1, 0.15) is 25.8 Å². The van der Waals surface area contributed by atoms with Crippen molar-refractivity contribution in [3.63, 3.8) is 0 Å². The lowest BCUT2D eigenvalue weighted by Crippen LogP contribution is -2.44. The van der Waals surface area contributed by atoms with Gasteiger partial charge in [0.15, 0.2) is 0 Å². The van der Waals surface area contributed by atoms with Gasteiger partial charge in [-0.15, -0.1) is 0 Å². The number of rotatable bonds is 7. The Labute approximate surface area is 118 Å². The van der Waals surface area contributed by atoms with Gasteiger partial charge in [-0.1, -0.05) is 44.2 Å². The van der Waals surface area contributed by atoms with Crippen molar-refractivity contribution in [2.75, 3.05) is 6.61 Å². The standard InChI is InChI=1S/C15H21NO4/c1-11(2)13(14(17)18)16-15(19)20-10-6-9-12-7-4-3-5-8-12/h3-5,7-8,11,13H,6,9-10H2,1-2H3,(H,16,19)(H,17,18)/t13-/m0/s1. The number of carbonyl (C=O) groups excluding carboxylic acids is 1. The van der Waals surface area contributed by atoms with E-state index < -0.39 is 18.1 Å². The summed E-state index contributed by atoms with van der Waals surface area (Å²) < 4.78 is 4.98. The number of amides is 1. The molecule has 2 N–H and O–H groups in total. The van der Waals surface area contributed by atoms with E-state index in [1.807, 2.05) is 30.3 Å². The molecule has 0 fully saturated rings. The van der Waals surface area contributed by atoms with E-state index in [0.717, 1.165) is 6.42 Å². The first-order valence-corrected chi connectivity index (χ1v) is 6.70. The van der Waals surface area contributed by atoms with Gasteiger partial charge in [-0.2, -0.15) is 0 Å². The molecule has 0 heterocycles. The van der Waals surface area contributed by atoms with Crippen LogP contribution in [0.4, 0.5) is 4.79 Å². The summed E-state index contributed by atoms with van der Waals surface area (Å²) in [6, 6.07) is 8.98. The Hall–Kier alpha value is -2.04. The molecule has 0 aliphatic carbocycles. The number of aliphatic carboxylic acids is 1. The van der Waals surface area contributed by atoms with Crippen LogP contribution in [0.2, 0.25) is 0 Å². The highest BCUT2D eigenvalue weighted by atomic mass is 16.5. The fourth-order valence-corrected chi connectivity index (χ4v) is 1.77. The lowest BCUT2D eigenvalue weighted by molar-refractivity contribution is -0.140. The largest absolute Gasteiger partial charge is 0.480 e. The third-order valence-electron chi connectivity index (χ3n) is 2.89. The Morgan fingerprint density at radius 1 is 1.25 bits per heavy atom. The Balaban J connectivity index is 2.24. The molecule has 1 rings (SSSR count). The minimum Gasteiger partial charge on any atom is -0.480 e. The van der Waals surface area contributed by atoms with Crippen molar-refractivity contribution < 1.29 is 19.4 Å². The van der Waals surface area contributed by atoms with Gasteiger partial charge in [0.05, 0.1) is 6.61 Å². The lowest BCUT2D eigenvalue weighted by Gasteiger charge is -2.17. The molecule has 1 aromatic carbocycles. The number of alkyl carbamates (subject to hydrolysis) is 1. The van der Waals surface area contributed by atoms with Crippen molar-refractivity contribution in [3.05, 3.63) is 35.9 Å². The van der Waals surface area contributed by atoms with Crippen LogP contribution in [0.3, 0.4) is 0 Å². The van der Waals surface area contributed by atoms with Crippen LogP contribution in [0.5, 0.6) is 0 Å². The van der Waals surface area contributed by atoms with E-state index >= 15 is 0 Å². The number of hydrogen-bond acceptors (Lipinski definition) is 3. The Morgan fingerprint density at radius 2 is 1.90 bits per heavy atom. The molecule has 0 saturated carbocycles. The number of carboxylic acid groups (broad SMARTS) is 1. The molecule has 0 radical (unpaired) electrons. The van der Waals surface area contributed by atoms with E-state index in [2.05, 4.69) is 5.32 Å². The van der Waals surface area contributed by atoms with Crippen molar-refractivity contribution in [2.45, 2.75) is 32.7 Å². The van der Waals surface area contributed by atoms with Gasteiger partial charge in [0.1, 0.15) is 6.04 Å². The van der Waals surface area contributed by atoms with Crippen LogP contribution in [0.25, 0.3) is 0 Å². The summed E-state index contributed by atoms with van der Waals surface area (Å²) >= 11 is 0. The molecule has 0 saturated heterocycles. The number of carbonyl (C=O) groups is 2. The summed E-state index contributed by atoms with van der Waals surface area (Å²) in [7, 11) is 0. The molecular weight excluding hydrogens is 258 g/mol. The number of ether oxygens (including phenoxy) is 1. The minimum atomic E-state index is -1.05. The summed E-state index contributed by atoms with van der Waals surface area (Å²) in [6.45, 7) is 3.73. The van der Waals surface area contributed by atoms with Crippen molar-refractivity contribution in [1.29, 1.82) is 0 Å². The van der Waals surface area contributed by atoms with Crippen LogP contribution >= 0.6 is 0 Å². The first-order chi connectivity index (χ1) is 9.50. The van der Waals surface area contributed by atoms with E-state index in [-0.39, 0.29) is 12.5 Å². The van der Waals surface area contributed by atoms with E-state index in [4.69, 9.17) is 9.84 Å². The molecule has 1 amide bonds. The average molecular weight is 279 g/mol. The Morgan fingerprint density at radius 3 is 2.45 bits per heavy atom. The summed E-state index contributed by atoms with van der Waals surface area (Å²) in [5, 5.41) is 11.3. The minimum absolute atomic E-state index is 0.190. The van der Waals surface area contributed by atoms with Gasteiger partial charge < -0.3 is 15.2 Å². The molecule has 0 aliphatic heterocycles. The van der Waals surface area contributed by atoms with E-state index in [1.165, 1.54) is 5.56 Å². The molecule has 0 spiro atoms. The van der Waals surface area contributed by atoms with Gasteiger partial charge in [-0.05, 0) is 24.3 Å². The normalized spacial score (nSPS) is 11.9. The molecule has 1 aromatic rings. The first-order valence-electron chi connectivity index (χ1n) is 6.70. The molecule has 0 aliphatic rings. The van der Waals surface area contributed by atoms with E-state index in [9.17, 15) is 9.59 Å². The van der Waals surface area contributed by atoms with E-state index in [0.29, 0.717) is 6.42 Å². The highest BCUT2D eigenvalue weighted by Crippen LogP contribution is 2.04. The van der Waals surface area contributed by atoms with Crippen LogP contribution in [0, 0.1) is 5.92 Å². The number of carboxylic acids is 1. The first kappa shape index (κ1) is 16.0. The average Bonchev–Trinajstić information content (AvgIpc) is 2.41. The quantitative estimate of drug-likeness (QED) is 0.752.